The van der Waals surface area contributed by atoms with E-state index in [4.69, 9.17) is 19.7 Å². The van der Waals surface area contributed by atoms with E-state index in [-0.39, 0.29) is 0 Å². The monoisotopic (exact) mass is 435 g/mol. The van der Waals surface area contributed by atoms with Crippen LogP contribution in [0.4, 0.5) is 5.82 Å². The van der Waals surface area contributed by atoms with Crippen molar-refractivity contribution in [2.45, 2.75) is 33.2 Å². The van der Waals surface area contributed by atoms with Gasteiger partial charge in [0.25, 0.3) is 0 Å². The molecule has 5 rings (SSSR count). The number of rotatable bonds is 6. The summed E-state index contributed by atoms with van der Waals surface area (Å²) in [6, 6.07) is 8.18. The average Bonchev–Trinajstić information content (AvgIpc) is 3.46. The highest BCUT2D eigenvalue weighted by Gasteiger charge is 2.24. The van der Waals surface area contributed by atoms with Crippen molar-refractivity contribution in [2.75, 3.05) is 24.6 Å². The van der Waals surface area contributed by atoms with Crippen molar-refractivity contribution in [3.05, 3.63) is 41.5 Å². The lowest BCUT2D eigenvalue weighted by Gasteiger charge is -2.33. The van der Waals surface area contributed by atoms with E-state index in [1.54, 1.807) is 5.51 Å². The van der Waals surface area contributed by atoms with Crippen molar-refractivity contribution in [1.82, 2.24) is 29.7 Å². The van der Waals surface area contributed by atoms with Crippen LogP contribution in [0.3, 0.4) is 0 Å². The predicted molar refractivity (Wildman–Crippen MR) is 122 cm³/mol. The van der Waals surface area contributed by atoms with E-state index in [0.29, 0.717) is 18.2 Å². The van der Waals surface area contributed by atoms with Gasteiger partial charge in [0, 0.05) is 25.6 Å². The van der Waals surface area contributed by atoms with Gasteiger partial charge in [0.1, 0.15) is 17.1 Å². The number of hydrogen-bond acceptors (Lipinski definition) is 8. The van der Waals surface area contributed by atoms with Crippen molar-refractivity contribution < 1.29 is 4.74 Å². The number of benzene rings is 1. The van der Waals surface area contributed by atoms with Crippen LogP contribution < -0.4 is 9.64 Å². The Hall–Kier alpha value is -3.07. The molecule has 3 aromatic heterocycles. The van der Waals surface area contributed by atoms with E-state index in [1.165, 1.54) is 16.9 Å². The van der Waals surface area contributed by atoms with E-state index in [1.807, 2.05) is 29.0 Å². The van der Waals surface area contributed by atoms with E-state index >= 15 is 0 Å². The number of aromatic nitrogens is 6. The second kappa shape index (κ2) is 8.58. The SMILES string of the molecule is CCn1c(-c2nncs2)nc2nc(N3CCCC(COc4ccccc4C)C3)cnc21. The highest BCUT2D eigenvalue weighted by molar-refractivity contribution is 7.12. The highest BCUT2D eigenvalue weighted by atomic mass is 32.1. The molecule has 0 aliphatic carbocycles. The molecule has 1 saturated heterocycles. The quantitative estimate of drug-likeness (QED) is 0.453. The molecule has 8 nitrogen and oxygen atoms in total. The maximum absolute atomic E-state index is 6.12. The van der Waals surface area contributed by atoms with Crippen LogP contribution in [0.1, 0.15) is 25.3 Å². The molecule has 0 bridgehead atoms. The standard InChI is InChI=1S/C22H25N7OS/c1-3-29-20-19(26-21(29)22-27-24-14-31-22)25-18(11-23-20)28-10-6-8-16(12-28)13-30-17-9-5-4-7-15(17)2/h4-5,7,9,11,14,16H,3,6,8,10,12-13H2,1-2H3. The molecule has 0 saturated carbocycles. The lowest BCUT2D eigenvalue weighted by atomic mass is 9.99. The molecule has 160 valence electrons. The molecule has 1 aliphatic heterocycles. The number of piperidine rings is 1. The number of hydrogen-bond donors (Lipinski definition) is 0. The van der Waals surface area contributed by atoms with Crippen LogP contribution in [0.5, 0.6) is 5.75 Å². The summed E-state index contributed by atoms with van der Waals surface area (Å²) in [5.41, 5.74) is 4.33. The first kappa shape index (κ1) is 19.9. The highest BCUT2D eigenvalue weighted by Crippen LogP contribution is 2.27. The van der Waals surface area contributed by atoms with Gasteiger partial charge in [-0.15, -0.1) is 10.2 Å². The Morgan fingerprint density at radius 1 is 1.23 bits per heavy atom. The molecule has 0 spiro atoms. The Kier molecular flexibility index (Phi) is 5.50. The largest absolute Gasteiger partial charge is 0.493 e. The molecule has 4 heterocycles. The Bertz CT molecular complexity index is 1170. The molecule has 1 unspecified atom stereocenters. The van der Waals surface area contributed by atoms with Gasteiger partial charge in [-0.05, 0) is 38.3 Å². The smallest absolute Gasteiger partial charge is 0.200 e. The van der Waals surface area contributed by atoms with E-state index in [0.717, 1.165) is 60.5 Å². The third-order valence-corrected chi connectivity index (χ3v) is 6.41. The molecule has 9 heteroatoms. The van der Waals surface area contributed by atoms with Crippen molar-refractivity contribution in [1.29, 1.82) is 0 Å². The van der Waals surface area contributed by atoms with Crippen LogP contribution >= 0.6 is 11.3 Å². The molecule has 1 aliphatic rings. The summed E-state index contributed by atoms with van der Waals surface area (Å²) in [4.78, 5) is 16.6. The maximum Gasteiger partial charge on any atom is 0.200 e. The number of imidazole rings is 1. The minimum absolute atomic E-state index is 0.455. The molecule has 0 radical (unpaired) electrons. The average molecular weight is 436 g/mol. The van der Waals surface area contributed by atoms with Gasteiger partial charge in [0.05, 0.1) is 12.8 Å². The van der Waals surface area contributed by atoms with Crippen LogP contribution in [-0.2, 0) is 6.54 Å². The molecule has 31 heavy (non-hydrogen) atoms. The Balaban J connectivity index is 1.34. The minimum atomic E-state index is 0.455. The predicted octanol–water partition coefficient (Wildman–Crippen LogP) is 3.97. The third-order valence-electron chi connectivity index (χ3n) is 5.72. The summed E-state index contributed by atoms with van der Waals surface area (Å²) in [5, 5.41) is 8.90. The second-order valence-electron chi connectivity index (χ2n) is 7.83. The molecular formula is C22H25N7OS. The van der Waals surface area contributed by atoms with Crippen molar-refractivity contribution in [2.24, 2.45) is 5.92 Å². The number of anilines is 1. The van der Waals surface area contributed by atoms with Gasteiger partial charge in [0.2, 0.25) is 0 Å². The zero-order valence-corrected chi connectivity index (χ0v) is 18.5. The van der Waals surface area contributed by atoms with Crippen molar-refractivity contribution >= 4 is 28.4 Å². The topological polar surface area (TPSA) is 81.9 Å². The van der Waals surface area contributed by atoms with Gasteiger partial charge in [-0.2, -0.15) is 0 Å². The lowest BCUT2D eigenvalue weighted by Crippen LogP contribution is -2.38. The first-order valence-electron chi connectivity index (χ1n) is 10.7. The van der Waals surface area contributed by atoms with Gasteiger partial charge in [0.15, 0.2) is 22.1 Å². The normalized spacial score (nSPS) is 16.7. The summed E-state index contributed by atoms with van der Waals surface area (Å²) < 4.78 is 8.16. The number of para-hydroxylation sites is 1. The minimum Gasteiger partial charge on any atom is -0.493 e. The Labute approximate surface area is 185 Å². The summed E-state index contributed by atoms with van der Waals surface area (Å²) >= 11 is 1.47. The summed E-state index contributed by atoms with van der Waals surface area (Å²) in [6.07, 6.45) is 4.13. The van der Waals surface area contributed by atoms with Crippen LogP contribution in [0.15, 0.2) is 36.0 Å². The lowest BCUT2D eigenvalue weighted by molar-refractivity contribution is 0.227. The molecule has 0 N–H and O–H groups in total. The fraction of sp³-hybridized carbons (Fsp3) is 0.409. The van der Waals surface area contributed by atoms with Crippen LogP contribution in [0.25, 0.3) is 22.1 Å². The first-order valence-corrected chi connectivity index (χ1v) is 11.5. The number of fused-ring (bicyclic) bond motifs is 1. The summed E-state index contributed by atoms with van der Waals surface area (Å²) in [6.45, 7) is 7.50. The fourth-order valence-electron chi connectivity index (χ4n) is 4.11. The number of nitrogens with zero attached hydrogens (tertiary/aromatic N) is 7. The van der Waals surface area contributed by atoms with E-state index in [9.17, 15) is 0 Å². The van der Waals surface area contributed by atoms with Gasteiger partial charge in [-0.3, -0.25) is 0 Å². The van der Waals surface area contributed by atoms with E-state index < -0.39 is 0 Å². The number of ether oxygens (including phenoxy) is 1. The Morgan fingerprint density at radius 2 is 2.13 bits per heavy atom. The second-order valence-corrected chi connectivity index (χ2v) is 8.66. The third kappa shape index (κ3) is 3.97. The van der Waals surface area contributed by atoms with E-state index in [2.05, 4.69) is 35.0 Å². The Morgan fingerprint density at radius 3 is 2.94 bits per heavy atom. The first-order chi connectivity index (χ1) is 15.2. The van der Waals surface area contributed by atoms with Crippen LogP contribution in [-0.4, -0.2) is 49.4 Å². The van der Waals surface area contributed by atoms with Crippen LogP contribution in [0.2, 0.25) is 0 Å². The summed E-state index contributed by atoms with van der Waals surface area (Å²) in [7, 11) is 0. The van der Waals surface area contributed by atoms with Gasteiger partial charge in [-0.1, -0.05) is 29.5 Å². The zero-order chi connectivity index (χ0) is 21.2. The molecule has 4 aromatic rings. The van der Waals surface area contributed by atoms with Gasteiger partial charge in [-0.25, -0.2) is 15.0 Å². The van der Waals surface area contributed by atoms with Crippen LogP contribution in [0, 0.1) is 12.8 Å². The maximum atomic E-state index is 6.12. The molecule has 1 atom stereocenters. The molecule has 1 aromatic carbocycles. The van der Waals surface area contributed by atoms with Gasteiger partial charge >= 0.3 is 0 Å². The fourth-order valence-corrected chi connectivity index (χ4v) is 4.66. The molecule has 1 fully saturated rings. The van der Waals surface area contributed by atoms with Crippen molar-refractivity contribution in [3.63, 3.8) is 0 Å². The number of aryl methyl sites for hydroxylation is 2. The zero-order valence-electron chi connectivity index (χ0n) is 17.7. The molecular weight excluding hydrogens is 410 g/mol. The van der Waals surface area contributed by atoms with Gasteiger partial charge < -0.3 is 14.2 Å². The van der Waals surface area contributed by atoms with Crippen molar-refractivity contribution in [3.8, 4) is 16.6 Å². The summed E-state index contributed by atoms with van der Waals surface area (Å²) in [5.74, 6) is 3.07. The molecule has 0 amide bonds.